The number of nitrogens with one attached hydrogen (secondary N) is 2. The second kappa shape index (κ2) is 10.1. The molecule has 0 aliphatic rings. The maximum atomic E-state index is 14.9. The van der Waals surface area contributed by atoms with E-state index in [0.717, 1.165) is 9.77 Å². The third-order valence-corrected chi connectivity index (χ3v) is 6.26. The molecular weight excluding hydrogens is 433 g/mol. The van der Waals surface area contributed by atoms with Crippen molar-refractivity contribution in [3.63, 3.8) is 0 Å². The van der Waals surface area contributed by atoms with E-state index in [1.165, 1.54) is 29.3 Å². The minimum absolute atomic E-state index is 0.214. The molecule has 0 spiro atoms. The van der Waals surface area contributed by atoms with Crippen molar-refractivity contribution in [2.24, 2.45) is 0 Å². The Bertz CT molecular complexity index is 1160. The van der Waals surface area contributed by atoms with Crippen LogP contribution in [0.25, 0.3) is 0 Å². The quantitative estimate of drug-likeness (QED) is 0.395. The first-order valence-corrected chi connectivity index (χ1v) is 11.1. The van der Waals surface area contributed by atoms with Gasteiger partial charge < -0.3 is 10.6 Å². The average Bonchev–Trinajstić information content (AvgIpc) is 3.23. The van der Waals surface area contributed by atoms with Crippen LogP contribution in [-0.4, -0.2) is 27.4 Å². The van der Waals surface area contributed by atoms with E-state index >= 15 is 0 Å². The van der Waals surface area contributed by atoms with E-state index in [9.17, 15) is 9.18 Å². The highest BCUT2D eigenvalue weighted by Crippen LogP contribution is 2.36. The van der Waals surface area contributed by atoms with Gasteiger partial charge in [0.05, 0.1) is 15.3 Å². The number of carbonyl (C=O) groups excluding carboxylic acids is 1. The van der Waals surface area contributed by atoms with Gasteiger partial charge in [-0.05, 0) is 30.2 Å². The Labute approximate surface area is 187 Å². The van der Waals surface area contributed by atoms with Gasteiger partial charge in [-0.2, -0.15) is 0 Å². The molecule has 2 N–H and O–H groups in total. The molecule has 0 radical (unpaired) electrons. The molecule has 3 heterocycles. The normalized spacial score (nSPS) is 10.6. The molecule has 1 aromatic carbocycles. The first-order chi connectivity index (χ1) is 15.2. The summed E-state index contributed by atoms with van der Waals surface area (Å²) >= 11 is 2.57. The van der Waals surface area contributed by atoms with Crippen molar-refractivity contribution < 1.29 is 9.18 Å². The number of hydrogen-bond acceptors (Lipinski definition) is 7. The van der Waals surface area contributed by atoms with Crippen molar-refractivity contribution in [3.8, 4) is 0 Å². The lowest BCUT2D eigenvalue weighted by molar-refractivity contribution is 0.0944. The molecular formula is C22H18FN5OS2. The van der Waals surface area contributed by atoms with E-state index in [1.54, 1.807) is 18.5 Å². The minimum Gasteiger partial charge on any atom is -0.350 e. The smallest absolute Gasteiger partial charge is 0.272 e. The van der Waals surface area contributed by atoms with Crippen molar-refractivity contribution >= 4 is 40.0 Å². The number of nitrogens with zero attached hydrogens (tertiary/aromatic N) is 3. The first kappa shape index (κ1) is 21.0. The number of carbonyl (C=O) groups is 1. The van der Waals surface area contributed by atoms with Crippen molar-refractivity contribution in [3.05, 3.63) is 90.3 Å². The molecule has 4 rings (SSSR count). The van der Waals surface area contributed by atoms with Gasteiger partial charge >= 0.3 is 0 Å². The maximum Gasteiger partial charge on any atom is 0.272 e. The number of halogens is 1. The predicted molar refractivity (Wildman–Crippen MR) is 120 cm³/mol. The maximum absolute atomic E-state index is 14.9. The fourth-order valence-corrected chi connectivity index (χ4v) is 4.60. The molecule has 6 nitrogen and oxygen atoms in total. The standard InChI is InChI=1S/C22H18FN5OS2/c23-19-16(30-18-14-27-22(31-18)28-17-8-4-5-11-24-17)10-13-25-20(19)21(29)26-12-9-15-6-2-1-3-7-15/h1-8,10-11,13-14H,9,12H2,(H,26,29)(H,24,27,28). The number of aromatic nitrogens is 3. The lowest BCUT2D eigenvalue weighted by atomic mass is 10.1. The number of hydrogen-bond donors (Lipinski definition) is 2. The molecule has 0 saturated carbocycles. The van der Waals surface area contributed by atoms with E-state index in [-0.39, 0.29) is 5.69 Å². The van der Waals surface area contributed by atoms with Crippen LogP contribution in [-0.2, 0) is 6.42 Å². The van der Waals surface area contributed by atoms with Crippen LogP contribution in [0.4, 0.5) is 15.3 Å². The first-order valence-electron chi connectivity index (χ1n) is 9.47. The van der Waals surface area contributed by atoms with E-state index in [1.807, 2.05) is 48.5 Å². The van der Waals surface area contributed by atoms with Gasteiger partial charge in [0, 0.05) is 18.9 Å². The summed E-state index contributed by atoms with van der Waals surface area (Å²) in [6, 6.07) is 16.9. The van der Waals surface area contributed by atoms with Gasteiger partial charge in [0.15, 0.2) is 16.6 Å². The molecule has 31 heavy (non-hydrogen) atoms. The fourth-order valence-electron chi connectivity index (χ4n) is 2.73. The lowest BCUT2D eigenvalue weighted by Crippen LogP contribution is -2.27. The van der Waals surface area contributed by atoms with Crippen molar-refractivity contribution in [1.82, 2.24) is 20.3 Å². The van der Waals surface area contributed by atoms with Gasteiger partial charge in [-0.15, -0.1) is 0 Å². The zero-order valence-electron chi connectivity index (χ0n) is 16.3. The Morgan fingerprint density at radius 3 is 2.65 bits per heavy atom. The van der Waals surface area contributed by atoms with Gasteiger partial charge in [0.2, 0.25) is 0 Å². The van der Waals surface area contributed by atoms with Gasteiger partial charge in [-0.1, -0.05) is 59.5 Å². The molecule has 0 atom stereocenters. The number of anilines is 2. The number of amides is 1. The Morgan fingerprint density at radius 2 is 1.84 bits per heavy atom. The van der Waals surface area contributed by atoms with Crippen LogP contribution in [0.2, 0.25) is 0 Å². The Hall–Kier alpha value is -3.30. The summed E-state index contributed by atoms with van der Waals surface area (Å²) in [7, 11) is 0. The highest BCUT2D eigenvalue weighted by Gasteiger charge is 2.18. The van der Waals surface area contributed by atoms with Crippen molar-refractivity contribution in [2.45, 2.75) is 15.5 Å². The van der Waals surface area contributed by atoms with E-state index in [2.05, 4.69) is 25.6 Å². The molecule has 9 heteroatoms. The fraction of sp³-hybridized carbons (Fsp3) is 0.0909. The van der Waals surface area contributed by atoms with Crippen LogP contribution in [0.5, 0.6) is 0 Å². The molecule has 3 aromatic heterocycles. The van der Waals surface area contributed by atoms with Crippen LogP contribution in [0, 0.1) is 5.82 Å². The Balaban J connectivity index is 1.39. The van der Waals surface area contributed by atoms with Crippen LogP contribution >= 0.6 is 23.1 Å². The number of pyridine rings is 2. The van der Waals surface area contributed by atoms with Crippen molar-refractivity contribution in [1.29, 1.82) is 0 Å². The van der Waals surface area contributed by atoms with Crippen LogP contribution in [0.1, 0.15) is 16.1 Å². The highest BCUT2D eigenvalue weighted by molar-refractivity contribution is 8.01. The second-order valence-electron chi connectivity index (χ2n) is 6.39. The predicted octanol–water partition coefficient (Wildman–Crippen LogP) is 4.94. The monoisotopic (exact) mass is 451 g/mol. The molecule has 0 aliphatic carbocycles. The molecule has 0 fully saturated rings. The summed E-state index contributed by atoms with van der Waals surface area (Å²) in [6.07, 6.45) is 5.44. The Kier molecular flexibility index (Phi) is 6.85. The third kappa shape index (κ3) is 5.65. The van der Waals surface area contributed by atoms with E-state index in [4.69, 9.17) is 0 Å². The van der Waals surface area contributed by atoms with E-state index in [0.29, 0.717) is 28.8 Å². The molecule has 1 amide bonds. The summed E-state index contributed by atoms with van der Waals surface area (Å²) < 4.78 is 15.7. The zero-order chi connectivity index (χ0) is 21.5. The minimum atomic E-state index is -0.641. The van der Waals surface area contributed by atoms with Crippen molar-refractivity contribution in [2.75, 3.05) is 11.9 Å². The second-order valence-corrected chi connectivity index (χ2v) is 8.76. The largest absolute Gasteiger partial charge is 0.350 e. The molecule has 0 bridgehead atoms. The third-order valence-electron chi connectivity index (χ3n) is 4.21. The Morgan fingerprint density at radius 1 is 1.00 bits per heavy atom. The SMILES string of the molecule is O=C(NCCc1ccccc1)c1nccc(Sc2cnc(Nc3ccccn3)s2)c1F. The lowest BCUT2D eigenvalue weighted by Gasteiger charge is -2.08. The van der Waals surface area contributed by atoms with Gasteiger partial charge in [-0.25, -0.2) is 19.3 Å². The van der Waals surface area contributed by atoms with E-state index < -0.39 is 11.7 Å². The van der Waals surface area contributed by atoms with Gasteiger partial charge in [0.1, 0.15) is 5.82 Å². The number of thiazole rings is 1. The summed E-state index contributed by atoms with van der Waals surface area (Å²) in [5.41, 5.74) is 0.885. The molecule has 4 aromatic rings. The number of benzene rings is 1. The summed E-state index contributed by atoms with van der Waals surface area (Å²) in [5, 5.41) is 6.48. The molecule has 0 aliphatic heterocycles. The van der Waals surface area contributed by atoms with Gasteiger partial charge in [-0.3, -0.25) is 4.79 Å². The average molecular weight is 452 g/mol. The number of rotatable bonds is 8. The summed E-state index contributed by atoms with van der Waals surface area (Å²) in [6.45, 7) is 0.402. The summed E-state index contributed by atoms with van der Waals surface area (Å²) in [5.74, 6) is -0.493. The van der Waals surface area contributed by atoms with Crippen LogP contribution in [0.15, 0.2) is 82.3 Å². The van der Waals surface area contributed by atoms with Gasteiger partial charge in [0.25, 0.3) is 5.91 Å². The zero-order valence-corrected chi connectivity index (χ0v) is 17.9. The molecule has 0 unspecified atom stereocenters. The highest BCUT2D eigenvalue weighted by atomic mass is 32.2. The molecule has 0 saturated heterocycles. The van der Waals surface area contributed by atoms with Crippen LogP contribution < -0.4 is 10.6 Å². The summed E-state index contributed by atoms with van der Waals surface area (Å²) in [4.78, 5) is 25.2. The molecule has 156 valence electrons. The van der Waals surface area contributed by atoms with Crippen LogP contribution in [0.3, 0.4) is 0 Å². The topological polar surface area (TPSA) is 79.8 Å².